The van der Waals surface area contributed by atoms with Crippen LogP contribution in [-0.2, 0) is 16.1 Å². The molecule has 6 heteroatoms. The molecule has 2 aliphatic rings. The lowest BCUT2D eigenvalue weighted by Gasteiger charge is -2.26. The number of aromatic nitrogens is 2. The minimum atomic E-state index is -0.394. The van der Waals surface area contributed by atoms with Crippen LogP contribution in [0.25, 0.3) is 22.2 Å². The maximum atomic E-state index is 13.1. The summed E-state index contributed by atoms with van der Waals surface area (Å²) in [7, 11) is 0. The fourth-order valence-corrected chi connectivity index (χ4v) is 5.34. The molecule has 2 atom stereocenters. The molecule has 184 valence electrons. The number of hydrogen-bond donors (Lipinski definition) is 2. The molecule has 2 N–H and O–H groups in total. The van der Waals surface area contributed by atoms with E-state index >= 15 is 0 Å². The van der Waals surface area contributed by atoms with Crippen LogP contribution in [0, 0.1) is 12.3 Å². The van der Waals surface area contributed by atoms with Gasteiger partial charge in [-0.1, -0.05) is 61.5 Å². The minimum Gasteiger partial charge on any atom is -0.379 e. The summed E-state index contributed by atoms with van der Waals surface area (Å²) >= 11 is 0. The Hall–Kier alpha value is -3.48. The standard InChI is InChI=1S/C30H32N4O2/c1-20-5-3-4-6-26(20)31-29(35)30(2)18-25(30)23-11-12-24-27(17-23)32-33-28(24)22-9-7-21(8-10-22)19-34-13-15-36-16-14-34/h3-12,17,25H,13-16,18-19H2,1-2H3,(H,31,35)(H,32,33)/t25-,30+/m0/s1. The second-order valence-electron chi connectivity index (χ2n) is 10.4. The SMILES string of the molecule is Cc1ccccc1NC(=O)[C@]1(C)C[C@H]1c1ccc2c(-c3ccc(CN4CCOCC4)cc3)n[nH]c2c1. The highest BCUT2D eigenvalue weighted by Crippen LogP contribution is 2.59. The number of rotatable bonds is 6. The Morgan fingerprint density at radius 3 is 2.67 bits per heavy atom. The third-order valence-corrected chi connectivity index (χ3v) is 7.88. The van der Waals surface area contributed by atoms with E-state index in [1.165, 1.54) is 11.1 Å². The highest BCUT2D eigenvalue weighted by atomic mass is 16.5. The van der Waals surface area contributed by atoms with Crippen LogP contribution in [-0.4, -0.2) is 47.3 Å². The molecule has 0 unspecified atom stereocenters. The first-order valence-electron chi connectivity index (χ1n) is 12.8. The molecule has 0 spiro atoms. The monoisotopic (exact) mass is 480 g/mol. The summed E-state index contributed by atoms with van der Waals surface area (Å²) in [5, 5.41) is 12.1. The van der Waals surface area contributed by atoms with Crippen molar-refractivity contribution in [2.75, 3.05) is 31.6 Å². The van der Waals surface area contributed by atoms with Crippen LogP contribution in [0.3, 0.4) is 0 Å². The van der Waals surface area contributed by atoms with Crippen molar-refractivity contribution in [3.05, 3.63) is 83.4 Å². The molecule has 1 amide bonds. The van der Waals surface area contributed by atoms with Crippen LogP contribution in [0.1, 0.15) is 36.0 Å². The zero-order valence-corrected chi connectivity index (χ0v) is 20.9. The number of aryl methyl sites for hydroxylation is 1. The second kappa shape index (κ2) is 9.19. The molecule has 1 aromatic heterocycles. The van der Waals surface area contributed by atoms with Crippen molar-refractivity contribution >= 4 is 22.5 Å². The number of fused-ring (bicyclic) bond motifs is 1. The van der Waals surface area contributed by atoms with E-state index < -0.39 is 5.41 Å². The van der Waals surface area contributed by atoms with Gasteiger partial charge >= 0.3 is 0 Å². The van der Waals surface area contributed by atoms with Crippen molar-refractivity contribution in [2.24, 2.45) is 5.41 Å². The van der Waals surface area contributed by atoms with E-state index in [4.69, 9.17) is 4.74 Å². The van der Waals surface area contributed by atoms with E-state index in [-0.39, 0.29) is 11.8 Å². The Labute approximate surface area is 211 Å². The molecule has 2 heterocycles. The number of nitrogens with zero attached hydrogens (tertiary/aromatic N) is 2. The Kier molecular flexibility index (Phi) is 5.86. The quantitative estimate of drug-likeness (QED) is 0.382. The second-order valence-corrected chi connectivity index (χ2v) is 10.4. The molecular formula is C30H32N4O2. The fraction of sp³-hybridized carbons (Fsp3) is 0.333. The lowest BCUT2D eigenvalue weighted by Crippen LogP contribution is -2.35. The number of carbonyl (C=O) groups excluding carboxylic acids is 1. The zero-order chi connectivity index (χ0) is 24.7. The Morgan fingerprint density at radius 2 is 1.89 bits per heavy atom. The van der Waals surface area contributed by atoms with Crippen LogP contribution < -0.4 is 5.32 Å². The summed E-state index contributed by atoms with van der Waals surface area (Å²) in [6.45, 7) is 8.64. The number of nitrogens with one attached hydrogen (secondary N) is 2. The molecule has 1 saturated heterocycles. The van der Waals surface area contributed by atoms with Crippen molar-refractivity contribution in [3.8, 4) is 11.3 Å². The van der Waals surface area contributed by atoms with Gasteiger partial charge in [0, 0.05) is 36.3 Å². The summed E-state index contributed by atoms with van der Waals surface area (Å²) in [6, 6.07) is 23.1. The van der Waals surface area contributed by atoms with Gasteiger partial charge in [-0.3, -0.25) is 14.8 Å². The highest BCUT2D eigenvalue weighted by Gasteiger charge is 2.56. The molecule has 1 saturated carbocycles. The lowest BCUT2D eigenvalue weighted by atomic mass is 9.98. The van der Waals surface area contributed by atoms with Crippen LogP contribution in [0.4, 0.5) is 5.69 Å². The number of benzene rings is 3. The summed E-state index contributed by atoms with van der Waals surface area (Å²) in [4.78, 5) is 15.5. The first-order chi connectivity index (χ1) is 17.5. The summed E-state index contributed by atoms with van der Waals surface area (Å²) < 4.78 is 5.45. The first-order valence-corrected chi connectivity index (χ1v) is 12.8. The van der Waals surface area contributed by atoms with Crippen LogP contribution in [0.15, 0.2) is 66.7 Å². The van der Waals surface area contributed by atoms with E-state index in [1.54, 1.807) is 0 Å². The number of morpholine rings is 1. The van der Waals surface area contributed by atoms with Gasteiger partial charge < -0.3 is 10.1 Å². The average molecular weight is 481 g/mol. The van der Waals surface area contributed by atoms with Gasteiger partial charge in [0.1, 0.15) is 0 Å². The van der Waals surface area contributed by atoms with Crippen molar-refractivity contribution < 1.29 is 9.53 Å². The number of carbonyl (C=O) groups is 1. The Morgan fingerprint density at radius 1 is 1.11 bits per heavy atom. The van der Waals surface area contributed by atoms with E-state index in [1.807, 2.05) is 31.2 Å². The lowest BCUT2D eigenvalue weighted by molar-refractivity contribution is -0.120. The predicted octanol–water partition coefficient (Wildman–Crippen LogP) is 5.50. The molecule has 6 rings (SSSR count). The van der Waals surface area contributed by atoms with E-state index in [0.29, 0.717) is 0 Å². The molecule has 2 fully saturated rings. The van der Waals surface area contributed by atoms with Crippen molar-refractivity contribution in [2.45, 2.75) is 32.7 Å². The molecule has 1 aliphatic carbocycles. The number of aromatic amines is 1. The molecule has 0 radical (unpaired) electrons. The number of ether oxygens (including phenoxy) is 1. The van der Waals surface area contributed by atoms with Crippen LogP contribution >= 0.6 is 0 Å². The molecule has 36 heavy (non-hydrogen) atoms. The van der Waals surface area contributed by atoms with E-state index in [9.17, 15) is 4.79 Å². The van der Waals surface area contributed by atoms with Gasteiger partial charge in [-0.15, -0.1) is 0 Å². The van der Waals surface area contributed by atoms with Crippen LogP contribution in [0.2, 0.25) is 0 Å². The van der Waals surface area contributed by atoms with Crippen molar-refractivity contribution in [1.29, 1.82) is 0 Å². The molecule has 4 aromatic rings. The normalized spacial score (nSPS) is 22.0. The number of H-pyrrole nitrogens is 1. The zero-order valence-electron chi connectivity index (χ0n) is 20.9. The Balaban J connectivity index is 1.17. The maximum absolute atomic E-state index is 13.1. The van der Waals surface area contributed by atoms with Gasteiger partial charge in [0.2, 0.25) is 5.91 Å². The van der Waals surface area contributed by atoms with Gasteiger partial charge in [0.25, 0.3) is 0 Å². The smallest absolute Gasteiger partial charge is 0.230 e. The third kappa shape index (κ3) is 4.31. The number of anilines is 1. The molecule has 1 aliphatic heterocycles. The van der Waals surface area contributed by atoms with Gasteiger partial charge in [-0.2, -0.15) is 5.10 Å². The maximum Gasteiger partial charge on any atom is 0.230 e. The van der Waals surface area contributed by atoms with Gasteiger partial charge in [0.05, 0.1) is 29.8 Å². The van der Waals surface area contributed by atoms with Gasteiger partial charge in [-0.25, -0.2) is 0 Å². The number of hydrogen-bond acceptors (Lipinski definition) is 4. The molecule has 6 nitrogen and oxygen atoms in total. The van der Waals surface area contributed by atoms with E-state index in [0.717, 1.165) is 72.7 Å². The van der Waals surface area contributed by atoms with Crippen LogP contribution in [0.5, 0.6) is 0 Å². The number of amides is 1. The van der Waals surface area contributed by atoms with Crippen molar-refractivity contribution in [1.82, 2.24) is 15.1 Å². The van der Waals surface area contributed by atoms with Crippen molar-refractivity contribution in [3.63, 3.8) is 0 Å². The highest BCUT2D eigenvalue weighted by molar-refractivity contribution is 5.99. The first kappa shape index (κ1) is 23.0. The molecule has 0 bridgehead atoms. The average Bonchev–Trinajstić information content (AvgIpc) is 3.43. The third-order valence-electron chi connectivity index (χ3n) is 7.88. The topological polar surface area (TPSA) is 70.2 Å². The van der Waals surface area contributed by atoms with E-state index in [2.05, 4.69) is 69.8 Å². The van der Waals surface area contributed by atoms with Gasteiger partial charge in [-0.05, 0) is 48.1 Å². The largest absolute Gasteiger partial charge is 0.379 e. The fourth-order valence-electron chi connectivity index (χ4n) is 5.34. The number of para-hydroxylation sites is 1. The summed E-state index contributed by atoms with van der Waals surface area (Å²) in [6.07, 6.45) is 0.849. The molecular weight excluding hydrogens is 448 g/mol. The summed E-state index contributed by atoms with van der Waals surface area (Å²) in [5.41, 5.74) is 7.13. The minimum absolute atomic E-state index is 0.0874. The summed E-state index contributed by atoms with van der Waals surface area (Å²) in [5.74, 6) is 0.293. The predicted molar refractivity (Wildman–Crippen MR) is 143 cm³/mol. The molecule has 3 aromatic carbocycles. The Bertz CT molecular complexity index is 1400. The van der Waals surface area contributed by atoms with Gasteiger partial charge in [0.15, 0.2) is 0 Å².